The van der Waals surface area contributed by atoms with Gasteiger partial charge in [0.25, 0.3) is 9.05 Å². The summed E-state index contributed by atoms with van der Waals surface area (Å²) in [7, 11) is 1.51. The molecule has 0 spiro atoms. The van der Waals surface area contributed by atoms with Gasteiger partial charge < -0.3 is 4.74 Å². The van der Waals surface area contributed by atoms with Crippen molar-refractivity contribution in [2.75, 3.05) is 0 Å². The summed E-state index contributed by atoms with van der Waals surface area (Å²) in [5.74, 6) is 1.13. The molecule has 6 heteroatoms. The lowest BCUT2D eigenvalue weighted by Crippen LogP contribution is -1.90. The summed E-state index contributed by atoms with van der Waals surface area (Å²) in [5, 5.41) is 0.617. The Hall–Kier alpha value is -1.23. The Bertz CT molecular complexity index is 635. The largest absolute Gasteiger partial charge is 0.457 e. The molecular formula is C14H14Cl2O3S. The molecule has 2 aromatic rings. The summed E-state index contributed by atoms with van der Waals surface area (Å²) in [5.41, 5.74) is 0. The fraction of sp³-hybridized carbons (Fsp3) is 0.143. The van der Waals surface area contributed by atoms with Crippen molar-refractivity contribution < 1.29 is 13.2 Å². The van der Waals surface area contributed by atoms with Crippen LogP contribution in [0, 0.1) is 0 Å². The van der Waals surface area contributed by atoms with E-state index in [1.807, 2.05) is 13.8 Å². The molecule has 0 radical (unpaired) electrons. The van der Waals surface area contributed by atoms with E-state index in [1.54, 1.807) is 24.3 Å². The second-order valence-corrected chi connectivity index (χ2v) is 6.47. The van der Waals surface area contributed by atoms with Gasteiger partial charge in [-0.25, -0.2) is 8.42 Å². The van der Waals surface area contributed by atoms with E-state index in [9.17, 15) is 8.42 Å². The van der Waals surface area contributed by atoms with Crippen molar-refractivity contribution in [2.24, 2.45) is 0 Å². The summed E-state index contributed by atoms with van der Waals surface area (Å²) < 4.78 is 27.6. The van der Waals surface area contributed by atoms with Crippen molar-refractivity contribution in [1.29, 1.82) is 0 Å². The van der Waals surface area contributed by atoms with Crippen molar-refractivity contribution in [3.63, 3.8) is 0 Å². The molecule has 0 aliphatic heterocycles. The number of ether oxygens (including phenoxy) is 1. The zero-order chi connectivity index (χ0) is 15.2. The van der Waals surface area contributed by atoms with Crippen LogP contribution in [0.4, 0.5) is 0 Å². The van der Waals surface area contributed by atoms with Gasteiger partial charge in [0.05, 0.1) is 4.90 Å². The maximum atomic E-state index is 11.0. The van der Waals surface area contributed by atoms with Crippen molar-refractivity contribution in [2.45, 2.75) is 18.7 Å². The molecule has 2 rings (SSSR count). The number of hydrogen-bond acceptors (Lipinski definition) is 3. The minimum absolute atomic E-state index is 0.0348. The highest BCUT2D eigenvalue weighted by Gasteiger charge is 2.09. The highest BCUT2D eigenvalue weighted by Crippen LogP contribution is 2.25. The third kappa shape index (κ3) is 5.04. The van der Waals surface area contributed by atoms with E-state index in [0.717, 1.165) is 0 Å². The van der Waals surface area contributed by atoms with Gasteiger partial charge in [-0.3, -0.25) is 0 Å². The second kappa shape index (κ2) is 7.53. The Kier molecular flexibility index (Phi) is 6.33. The van der Waals surface area contributed by atoms with Crippen LogP contribution >= 0.6 is 22.3 Å². The van der Waals surface area contributed by atoms with Crippen LogP contribution in [0.1, 0.15) is 13.8 Å². The van der Waals surface area contributed by atoms with Gasteiger partial charge in [0.1, 0.15) is 11.5 Å². The Morgan fingerprint density at radius 2 is 1.25 bits per heavy atom. The molecule has 0 aromatic heterocycles. The van der Waals surface area contributed by atoms with Crippen LogP contribution in [0.5, 0.6) is 11.5 Å². The van der Waals surface area contributed by atoms with Crippen molar-refractivity contribution in [3.05, 3.63) is 53.6 Å². The highest BCUT2D eigenvalue weighted by molar-refractivity contribution is 8.13. The number of halogens is 2. The maximum Gasteiger partial charge on any atom is 0.261 e. The molecule has 0 heterocycles. The van der Waals surface area contributed by atoms with Gasteiger partial charge in [0.15, 0.2) is 0 Å². The molecule has 2 aromatic carbocycles. The molecule has 0 N–H and O–H groups in total. The zero-order valence-electron chi connectivity index (χ0n) is 11.0. The first-order valence-electron chi connectivity index (χ1n) is 5.93. The van der Waals surface area contributed by atoms with E-state index in [1.165, 1.54) is 24.3 Å². The lowest BCUT2D eigenvalue weighted by molar-refractivity contribution is 0.482. The molecule has 0 atom stereocenters. The van der Waals surface area contributed by atoms with E-state index >= 15 is 0 Å². The van der Waals surface area contributed by atoms with Gasteiger partial charge in [-0.1, -0.05) is 25.4 Å². The normalized spacial score (nSPS) is 10.4. The summed E-state index contributed by atoms with van der Waals surface area (Å²) in [6.45, 7) is 4.00. The quantitative estimate of drug-likeness (QED) is 0.735. The third-order valence-electron chi connectivity index (χ3n) is 2.15. The molecule has 3 nitrogen and oxygen atoms in total. The van der Waals surface area contributed by atoms with Gasteiger partial charge in [0, 0.05) is 15.7 Å². The zero-order valence-corrected chi connectivity index (χ0v) is 13.3. The number of rotatable bonds is 3. The van der Waals surface area contributed by atoms with Crippen LogP contribution in [0.3, 0.4) is 0 Å². The van der Waals surface area contributed by atoms with Crippen molar-refractivity contribution >= 4 is 31.3 Å². The maximum absolute atomic E-state index is 11.0. The summed E-state index contributed by atoms with van der Waals surface area (Å²) >= 11 is 5.75. The third-order valence-corrected chi connectivity index (χ3v) is 3.78. The summed E-state index contributed by atoms with van der Waals surface area (Å²) in [6, 6.07) is 12.7. The molecule has 0 saturated heterocycles. The summed E-state index contributed by atoms with van der Waals surface area (Å²) in [6.07, 6.45) is 0. The second-order valence-electron chi connectivity index (χ2n) is 3.47. The highest BCUT2D eigenvalue weighted by atomic mass is 35.7. The first-order chi connectivity index (χ1) is 9.45. The lowest BCUT2D eigenvalue weighted by atomic mass is 10.3. The molecule has 0 aliphatic carbocycles. The van der Waals surface area contributed by atoms with Crippen LogP contribution in [0.15, 0.2) is 53.4 Å². The predicted molar refractivity (Wildman–Crippen MR) is 82.4 cm³/mol. The summed E-state index contributed by atoms with van der Waals surface area (Å²) in [4.78, 5) is 0.0348. The molecule has 0 unspecified atom stereocenters. The van der Waals surface area contributed by atoms with Crippen LogP contribution in [-0.2, 0) is 9.05 Å². The fourth-order valence-corrected chi connectivity index (χ4v) is 2.20. The molecule has 0 bridgehead atoms. The average Bonchev–Trinajstić information content (AvgIpc) is 2.43. The van der Waals surface area contributed by atoms with Crippen LogP contribution < -0.4 is 4.74 Å². The Balaban J connectivity index is 0.000000956. The van der Waals surface area contributed by atoms with Gasteiger partial charge in [-0.2, -0.15) is 0 Å². The van der Waals surface area contributed by atoms with Crippen LogP contribution in [-0.4, -0.2) is 8.42 Å². The standard InChI is InChI=1S/C12H8Cl2O3S.C2H6/c13-9-1-3-10(4-2-9)17-11-5-7-12(8-6-11)18(14,15)16;1-2/h1-8H;1-2H3. The van der Waals surface area contributed by atoms with E-state index in [2.05, 4.69) is 0 Å². The molecule has 20 heavy (non-hydrogen) atoms. The van der Waals surface area contributed by atoms with E-state index < -0.39 is 9.05 Å². The SMILES string of the molecule is CC.O=S(=O)(Cl)c1ccc(Oc2ccc(Cl)cc2)cc1. The lowest BCUT2D eigenvalue weighted by Gasteiger charge is -2.05. The van der Waals surface area contributed by atoms with Crippen LogP contribution in [0.25, 0.3) is 0 Å². The van der Waals surface area contributed by atoms with Crippen molar-refractivity contribution in [3.8, 4) is 11.5 Å². The minimum Gasteiger partial charge on any atom is -0.457 e. The van der Waals surface area contributed by atoms with Gasteiger partial charge >= 0.3 is 0 Å². The molecule has 0 saturated carbocycles. The Labute approximate surface area is 128 Å². The van der Waals surface area contributed by atoms with E-state index in [4.69, 9.17) is 27.0 Å². The Morgan fingerprint density at radius 3 is 1.65 bits per heavy atom. The average molecular weight is 333 g/mol. The molecule has 0 amide bonds. The molecule has 0 aliphatic rings. The first kappa shape index (κ1) is 16.8. The predicted octanol–water partition coefficient (Wildman–Crippen LogP) is 5.09. The van der Waals surface area contributed by atoms with Gasteiger partial charge in [-0.15, -0.1) is 0 Å². The number of benzene rings is 2. The topological polar surface area (TPSA) is 43.4 Å². The first-order valence-corrected chi connectivity index (χ1v) is 8.62. The molecule has 108 valence electrons. The molecule has 0 fully saturated rings. The monoisotopic (exact) mass is 332 g/mol. The van der Waals surface area contributed by atoms with Crippen LogP contribution in [0.2, 0.25) is 5.02 Å². The minimum atomic E-state index is -3.70. The van der Waals surface area contributed by atoms with Crippen molar-refractivity contribution in [1.82, 2.24) is 0 Å². The van der Waals surface area contributed by atoms with E-state index in [0.29, 0.717) is 16.5 Å². The van der Waals surface area contributed by atoms with Gasteiger partial charge in [-0.05, 0) is 48.5 Å². The Morgan fingerprint density at radius 1 is 0.850 bits per heavy atom. The smallest absolute Gasteiger partial charge is 0.261 e. The fourth-order valence-electron chi connectivity index (χ4n) is 1.31. The van der Waals surface area contributed by atoms with Gasteiger partial charge in [0.2, 0.25) is 0 Å². The number of hydrogen-bond donors (Lipinski definition) is 0. The van der Waals surface area contributed by atoms with E-state index in [-0.39, 0.29) is 4.90 Å². The molecular weight excluding hydrogens is 319 g/mol.